The van der Waals surface area contributed by atoms with E-state index in [1.54, 1.807) is 6.92 Å². The Morgan fingerprint density at radius 2 is 1.76 bits per heavy atom. The minimum atomic E-state index is -0.642. The number of unbranched alkanes of at least 4 members (excludes halogenated alkanes) is 1. The van der Waals surface area contributed by atoms with E-state index >= 15 is 0 Å². The Bertz CT molecular complexity index is 1260. The first-order valence-electron chi connectivity index (χ1n) is 11.2. The molecule has 0 fully saturated rings. The monoisotopic (exact) mass is 469 g/mol. The molecular formula is C24H31N5O3S. The zero-order valence-electron chi connectivity index (χ0n) is 19.6. The normalized spacial score (nSPS) is 11.2. The van der Waals surface area contributed by atoms with Crippen LogP contribution in [0.1, 0.15) is 54.0 Å². The topological polar surface area (TPSA) is 105 Å². The van der Waals surface area contributed by atoms with Gasteiger partial charge in [-0.1, -0.05) is 55.4 Å². The van der Waals surface area contributed by atoms with E-state index in [9.17, 15) is 14.4 Å². The number of thioether (sulfide) groups is 1. The molecule has 0 unspecified atom stereocenters. The lowest BCUT2D eigenvalue weighted by atomic mass is 10.2. The molecule has 0 spiro atoms. The largest absolute Gasteiger partial charge is 0.384 e. The molecule has 33 heavy (non-hydrogen) atoms. The first kappa shape index (κ1) is 24.6. The van der Waals surface area contributed by atoms with E-state index in [1.165, 1.54) is 16.3 Å². The number of rotatable bonds is 10. The minimum absolute atomic E-state index is 0.00864. The van der Waals surface area contributed by atoms with Gasteiger partial charge in [0.25, 0.3) is 5.56 Å². The Morgan fingerprint density at radius 1 is 1.06 bits per heavy atom. The van der Waals surface area contributed by atoms with Crippen LogP contribution in [0.3, 0.4) is 0 Å². The first-order valence-corrected chi connectivity index (χ1v) is 12.1. The molecule has 3 rings (SSSR count). The number of aryl methyl sites for hydroxylation is 1. The summed E-state index contributed by atoms with van der Waals surface area (Å²) >= 11 is 1.29. The number of carbonyl (C=O) groups excluding carboxylic acids is 1. The second-order valence-electron chi connectivity index (χ2n) is 7.95. The lowest BCUT2D eigenvalue weighted by molar-refractivity contribution is 0.102. The Morgan fingerprint density at radius 3 is 2.39 bits per heavy atom. The summed E-state index contributed by atoms with van der Waals surface area (Å²) in [4.78, 5) is 43.7. The predicted octanol–water partition coefficient (Wildman–Crippen LogP) is 3.25. The van der Waals surface area contributed by atoms with Crippen LogP contribution in [0.25, 0.3) is 0 Å². The van der Waals surface area contributed by atoms with Crippen molar-refractivity contribution in [3.8, 4) is 0 Å². The summed E-state index contributed by atoms with van der Waals surface area (Å²) in [5.74, 6) is -0.493. The van der Waals surface area contributed by atoms with Crippen molar-refractivity contribution < 1.29 is 4.79 Å². The third kappa shape index (κ3) is 5.13. The van der Waals surface area contributed by atoms with Gasteiger partial charge < -0.3 is 10.3 Å². The second-order valence-corrected chi connectivity index (χ2v) is 8.89. The van der Waals surface area contributed by atoms with Gasteiger partial charge in [0.1, 0.15) is 11.4 Å². The van der Waals surface area contributed by atoms with E-state index < -0.39 is 17.0 Å². The number of nitrogens with zero attached hydrogens (tertiary/aromatic N) is 4. The second kappa shape index (κ2) is 10.7. The number of hydrogen-bond donors (Lipinski definition) is 1. The van der Waals surface area contributed by atoms with Gasteiger partial charge in [-0.2, -0.15) is 0 Å². The Kier molecular flexibility index (Phi) is 7.97. The SMILES string of the molecule is CCCCn1c(SCC(=O)c2c(N)n(Cc3ccccc3)c(=O)n(CC)c2=O)nc(C)c1C. The number of Topliss-reactive ketones (excluding diaryl/α,β-unsaturated/α-hetero) is 1. The Hall–Kier alpha value is -3.07. The van der Waals surface area contributed by atoms with Crippen molar-refractivity contribution in [3.05, 3.63) is 73.7 Å². The van der Waals surface area contributed by atoms with Crippen LogP contribution in [0.5, 0.6) is 0 Å². The van der Waals surface area contributed by atoms with Crippen LogP contribution in [0.4, 0.5) is 5.82 Å². The number of aromatic nitrogens is 4. The van der Waals surface area contributed by atoms with Crippen LogP contribution in [-0.2, 0) is 19.6 Å². The fourth-order valence-electron chi connectivity index (χ4n) is 3.69. The van der Waals surface area contributed by atoms with Crippen LogP contribution in [0, 0.1) is 13.8 Å². The van der Waals surface area contributed by atoms with Crippen LogP contribution >= 0.6 is 11.8 Å². The highest BCUT2D eigenvalue weighted by Gasteiger charge is 2.23. The Labute approximate surface area is 197 Å². The van der Waals surface area contributed by atoms with Gasteiger partial charge in [-0.15, -0.1) is 0 Å². The van der Waals surface area contributed by atoms with Gasteiger partial charge >= 0.3 is 5.69 Å². The number of ketones is 1. The molecule has 176 valence electrons. The van der Waals surface area contributed by atoms with Crippen LogP contribution in [-0.4, -0.2) is 30.2 Å². The molecule has 0 saturated carbocycles. The number of nitrogen functional groups attached to an aromatic ring is 1. The van der Waals surface area contributed by atoms with Crippen molar-refractivity contribution in [2.45, 2.75) is 65.3 Å². The molecule has 3 aromatic rings. The molecule has 0 aliphatic rings. The van der Waals surface area contributed by atoms with Gasteiger partial charge in [-0.05, 0) is 32.8 Å². The van der Waals surface area contributed by atoms with Gasteiger partial charge in [0, 0.05) is 18.8 Å². The van der Waals surface area contributed by atoms with Gasteiger partial charge in [0.15, 0.2) is 10.9 Å². The van der Waals surface area contributed by atoms with E-state index in [0.717, 1.165) is 46.1 Å². The quantitative estimate of drug-likeness (QED) is 0.361. The molecule has 2 heterocycles. The number of carbonyl (C=O) groups is 1. The van der Waals surface area contributed by atoms with E-state index in [4.69, 9.17) is 5.73 Å². The number of nitrogens with two attached hydrogens (primary N) is 1. The fourth-order valence-corrected chi connectivity index (χ4v) is 4.68. The molecule has 0 atom stereocenters. The smallest absolute Gasteiger partial charge is 0.332 e. The zero-order chi connectivity index (χ0) is 24.1. The van der Waals surface area contributed by atoms with Crippen molar-refractivity contribution in [1.82, 2.24) is 18.7 Å². The molecule has 0 bridgehead atoms. The third-order valence-electron chi connectivity index (χ3n) is 5.74. The summed E-state index contributed by atoms with van der Waals surface area (Å²) in [5, 5.41) is 0.749. The molecule has 9 heteroatoms. The van der Waals surface area contributed by atoms with Crippen LogP contribution in [0.15, 0.2) is 45.1 Å². The Balaban J connectivity index is 1.95. The third-order valence-corrected chi connectivity index (χ3v) is 6.71. The van der Waals surface area contributed by atoms with E-state index in [-0.39, 0.29) is 30.2 Å². The van der Waals surface area contributed by atoms with Crippen molar-refractivity contribution in [1.29, 1.82) is 0 Å². The van der Waals surface area contributed by atoms with E-state index in [2.05, 4.69) is 16.5 Å². The van der Waals surface area contributed by atoms with Crippen molar-refractivity contribution in [2.75, 3.05) is 11.5 Å². The number of imidazole rings is 1. The molecule has 0 radical (unpaired) electrons. The molecule has 8 nitrogen and oxygen atoms in total. The average Bonchev–Trinajstić information content (AvgIpc) is 3.07. The molecule has 1 aromatic carbocycles. The highest BCUT2D eigenvalue weighted by Crippen LogP contribution is 2.23. The lowest BCUT2D eigenvalue weighted by Gasteiger charge is -2.16. The number of hydrogen-bond acceptors (Lipinski definition) is 6. The number of anilines is 1. The summed E-state index contributed by atoms with van der Waals surface area (Å²) in [6, 6.07) is 9.33. The van der Waals surface area contributed by atoms with E-state index in [1.807, 2.05) is 44.2 Å². The zero-order valence-corrected chi connectivity index (χ0v) is 20.4. The molecule has 2 N–H and O–H groups in total. The van der Waals surface area contributed by atoms with Crippen LogP contribution < -0.4 is 17.0 Å². The first-order chi connectivity index (χ1) is 15.8. The summed E-state index contributed by atoms with van der Waals surface area (Å²) in [6.07, 6.45) is 2.06. The molecule has 2 aromatic heterocycles. The average molecular weight is 470 g/mol. The van der Waals surface area contributed by atoms with Gasteiger partial charge in [-0.25, -0.2) is 9.78 Å². The highest BCUT2D eigenvalue weighted by molar-refractivity contribution is 7.99. The maximum Gasteiger partial charge on any atom is 0.332 e. The fraction of sp³-hybridized carbons (Fsp3) is 0.417. The van der Waals surface area contributed by atoms with Crippen molar-refractivity contribution in [3.63, 3.8) is 0 Å². The van der Waals surface area contributed by atoms with Crippen molar-refractivity contribution in [2.24, 2.45) is 0 Å². The summed E-state index contributed by atoms with van der Waals surface area (Å²) in [7, 11) is 0. The predicted molar refractivity (Wildman–Crippen MR) is 132 cm³/mol. The van der Waals surface area contributed by atoms with Gasteiger partial charge in [-0.3, -0.25) is 18.7 Å². The molecule has 0 aliphatic heterocycles. The van der Waals surface area contributed by atoms with Gasteiger partial charge in [0.2, 0.25) is 0 Å². The maximum atomic E-state index is 13.2. The highest BCUT2D eigenvalue weighted by atomic mass is 32.2. The molecular weight excluding hydrogens is 438 g/mol. The molecule has 0 saturated heterocycles. The lowest BCUT2D eigenvalue weighted by Crippen LogP contribution is -2.44. The number of benzene rings is 1. The summed E-state index contributed by atoms with van der Waals surface area (Å²) < 4.78 is 4.48. The van der Waals surface area contributed by atoms with Gasteiger partial charge in [0.05, 0.1) is 18.0 Å². The molecule has 0 amide bonds. The summed E-state index contributed by atoms with van der Waals surface area (Å²) in [6.45, 7) is 8.94. The van der Waals surface area contributed by atoms with Crippen molar-refractivity contribution >= 4 is 23.4 Å². The standard InChI is InChI=1S/C24H31N5O3S/c1-5-7-13-28-17(4)16(3)26-23(28)33-15-19(30)20-21(25)29(14-18-11-9-8-10-12-18)24(32)27(6-2)22(20)31/h8-12H,5-7,13-15,25H2,1-4H3. The minimum Gasteiger partial charge on any atom is -0.384 e. The summed E-state index contributed by atoms with van der Waals surface area (Å²) in [5.41, 5.74) is 7.79. The van der Waals surface area contributed by atoms with E-state index in [0.29, 0.717) is 0 Å². The van der Waals surface area contributed by atoms with Crippen LogP contribution in [0.2, 0.25) is 0 Å². The maximum absolute atomic E-state index is 13.2. The molecule has 0 aliphatic carbocycles.